The molecule has 4 rings (SSSR count). The highest BCUT2D eigenvalue weighted by molar-refractivity contribution is 7.22. The Hall–Kier alpha value is -2.28. The Morgan fingerprint density at radius 2 is 2.00 bits per heavy atom. The largest absolute Gasteiger partial charge is 0.291 e. The summed E-state index contributed by atoms with van der Waals surface area (Å²) in [6, 6.07) is 12.9. The summed E-state index contributed by atoms with van der Waals surface area (Å²) in [7, 11) is 0. The molecule has 0 spiro atoms. The molecule has 0 aliphatic heterocycles. The molecule has 0 aliphatic rings. The van der Waals surface area contributed by atoms with E-state index in [1.807, 2.05) is 41.8 Å². The summed E-state index contributed by atoms with van der Waals surface area (Å²) in [5, 5.41) is 2.51. The van der Waals surface area contributed by atoms with Gasteiger partial charge in [-0.15, -0.1) is 22.7 Å². The standard InChI is InChI=1S/C18H11ClN2O2S2/c19-12-5-3-11(4-6-12)16-8-13-17(25-16)18(23)21(10-20-13)9-14(22)15-2-1-7-24-15/h1-8,10H,9H2. The molecule has 4 aromatic rings. The van der Waals surface area contributed by atoms with Crippen molar-refractivity contribution in [3.63, 3.8) is 0 Å². The molecule has 0 amide bonds. The van der Waals surface area contributed by atoms with Crippen molar-refractivity contribution < 1.29 is 4.79 Å². The van der Waals surface area contributed by atoms with Gasteiger partial charge in [0.1, 0.15) is 4.70 Å². The number of benzene rings is 1. The normalized spacial score (nSPS) is 11.1. The molecule has 0 aliphatic carbocycles. The molecule has 0 saturated carbocycles. The zero-order valence-corrected chi connectivity index (χ0v) is 15.2. The number of nitrogens with zero attached hydrogens (tertiary/aromatic N) is 2. The fourth-order valence-electron chi connectivity index (χ4n) is 2.48. The SMILES string of the molecule is O=C(Cn1cnc2cc(-c3ccc(Cl)cc3)sc2c1=O)c1cccs1. The van der Waals surface area contributed by atoms with E-state index in [4.69, 9.17) is 11.6 Å². The van der Waals surface area contributed by atoms with Crippen LogP contribution in [0.3, 0.4) is 0 Å². The van der Waals surface area contributed by atoms with Crippen LogP contribution in [0.25, 0.3) is 20.7 Å². The van der Waals surface area contributed by atoms with Crippen molar-refractivity contribution in [1.82, 2.24) is 9.55 Å². The molecule has 124 valence electrons. The summed E-state index contributed by atoms with van der Waals surface area (Å²) >= 11 is 8.66. The van der Waals surface area contributed by atoms with Gasteiger partial charge in [-0.25, -0.2) is 4.98 Å². The van der Waals surface area contributed by atoms with E-state index >= 15 is 0 Å². The monoisotopic (exact) mass is 386 g/mol. The number of hydrogen-bond donors (Lipinski definition) is 0. The van der Waals surface area contributed by atoms with Crippen LogP contribution in [0, 0.1) is 0 Å². The lowest BCUT2D eigenvalue weighted by atomic mass is 10.2. The first-order valence-corrected chi connectivity index (χ1v) is 9.51. The van der Waals surface area contributed by atoms with Crippen LogP contribution in [0.1, 0.15) is 9.67 Å². The zero-order chi connectivity index (χ0) is 17.4. The Morgan fingerprint density at radius 3 is 2.72 bits per heavy atom. The predicted octanol–water partition coefficient (Wildman–Crippen LogP) is 4.72. The van der Waals surface area contributed by atoms with Crippen LogP contribution in [-0.2, 0) is 6.54 Å². The van der Waals surface area contributed by atoms with Crippen LogP contribution in [0.4, 0.5) is 0 Å². The fraction of sp³-hybridized carbons (Fsp3) is 0.0556. The van der Waals surface area contributed by atoms with Gasteiger partial charge in [-0.2, -0.15) is 0 Å². The summed E-state index contributed by atoms with van der Waals surface area (Å²) in [6.45, 7) is -0.00351. The van der Waals surface area contributed by atoms with E-state index in [0.717, 1.165) is 10.4 Å². The van der Waals surface area contributed by atoms with Gasteiger partial charge in [0, 0.05) is 9.90 Å². The van der Waals surface area contributed by atoms with Gasteiger partial charge in [0.05, 0.1) is 23.3 Å². The minimum Gasteiger partial charge on any atom is -0.291 e. The Kier molecular flexibility index (Phi) is 4.25. The molecule has 3 aromatic heterocycles. The van der Waals surface area contributed by atoms with Crippen LogP contribution < -0.4 is 5.56 Å². The highest BCUT2D eigenvalue weighted by atomic mass is 35.5. The topological polar surface area (TPSA) is 52.0 Å². The number of aromatic nitrogens is 2. The van der Waals surface area contributed by atoms with Crippen molar-refractivity contribution >= 4 is 50.3 Å². The van der Waals surface area contributed by atoms with Crippen LogP contribution in [-0.4, -0.2) is 15.3 Å². The highest BCUT2D eigenvalue weighted by Crippen LogP contribution is 2.31. The van der Waals surface area contributed by atoms with Crippen molar-refractivity contribution in [3.8, 4) is 10.4 Å². The van der Waals surface area contributed by atoms with Gasteiger partial charge < -0.3 is 0 Å². The molecule has 0 atom stereocenters. The van der Waals surface area contributed by atoms with Crippen molar-refractivity contribution in [2.75, 3.05) is 0 Å². The quantitative estimate of drug-likeness (QED) is 0.477. The van der Waals surface area contributed by atoms with Crippen molar-refractivity contribution in [2.45, 2.75) is 6.54 Å². The second-order valence-corrected chi connectivity index (χ2v) is 7.85. The predicted molar refractivity (Wildman–Crippen MR) is 103 cm³/mol. The van der Waals surface area contributed by atoms with Crippen LogP contribution >= 0.6 is 34.3 Å². The fourth-order valence-corrected chi connectivity index (χ4v) is 4.33. The molecular weight excluding hydrogens is 376 g/mol. The maximum absolute atomic E-state index is 12.7. The first-order chi connectivity index (χ1) is 12.1. The van der Waals surface area contributed by atoms with E-state index in [-0.39, 0.29) is 17.9 Å². The molecule has 4 nitrogen and oxygen atoms in total. The van der Waals surface area contributed by atoms with E-state index < -0.39 is 0 Å². The summed E-state index contributed by atoms with van der Waals surface area (Å²) in [6.07, 6.45) is 1.44. The van der Waals surface area contributed by atoms with E-state index in [1.54, 1.807) is 6.07 Å². The van der Waals surface area contributed by atoms with E-state index in [0.29, 0.717) is 20.1 Å². The van der Waals surface area contributed by atoms with Gasteiger partial charge in [-0.1, -0.05) is 29.8 Å². The molecule has 0 N–H and O–H groups in total. The Morgan fingerprint density at radius 1 is 1.20 bits per heavy atom. The molecule has 7 heteroatoms. The number of fused-ring (bicyclic) bond motifs is 1. The minimum absolute atomic E-state index is 0.00351. The van der Waals surface area contributed by atoms with Gasteiger partial charge in [0.15, 0.2) is 5.78 Å². The Bertz CT molecular complexity index is 1110. The number of ketones is 1. The summed E-state index contributed by atoms with van der Waals surface area (Å²) in [4.78, 5) is 30.9. The number of Topliss-reactive ketones (excluding diaryl/α,β-unsaturated/α-hetero) is 1. The van der Waals surface area contributed by atoms with Gasteiger partial charge in [-0.3, -0.25) is 14.2 Å². The summed E-state index contributed by atoms with van der Waals surface area (Å²) in [5.74, 6) is -0.0901. The van der Waals surface area contributed by atoms with Crippen molar-refractivity contribution in [1.29, 1.82) is 0 Å². The Labute approximate surface area is 156 Å². The molecule has 0 radical (unpaired) electrons. The molecular formula is C18H11ClN2O2S2. The van der Waals surface area contributed by atoms with Gasteiger partial charge in [-0.05, 0) is 35.2 Å². The lowest BCUT2D eigenvalue weighted by molar-refractivity contribution is 0.0974. The average Bonchev–Trinajstić information content (AvgIpc) is 3.28. The van der Waals surface area contributed by atoms with Crippen molar-refractivity contribution in [3.05, 3.63) is 74.4 Å². The third kappa shape index (κ3) is 3.16. The third-order valence-electron chi connectivity index (χ3n) is 3.74. The Balaban J connectivity index is 1.71. The maximum Gasteiger partial charge on any atom is 0.271 e. The van der Waals surface area contributed by atoms with Gasteiger partial charge >= 0.3 is 0 Å². The number of hydrogen-bond acceptors (Lipinski definition) is 5. The smallest absolute Gasteiger partial charge is 0.271 e. The van der Waals surface area contributed by atoms with Crippen LogP contribution in [0.5, 0.6) is 0 Å². The van der Waals surface area contributed by atoms with E-state index in [1.165, 1.54) is 33.6 Å². The molecule has 0 bridgehead atoms. The molecule has 25 heavy (non-hydrogen) atoms. The lowest BCUT2D eigenvalue weighted by Crippen LogP contribution is -2.23. The first-order valence-electron chi connectivity index (χ1n) is 7.43. The van der Waals surface area contributed by atoms with Crippen LogP contribution in [0.15, 0.2) is 59.0 Å². The molecule has 0 fully saturated rings. The average molecular weight is 387 g/mol. The maximum atomic E-state index is 12.7. The lowest BCUT2D eigenvalue weighted by Gasteiger charge is -2.02. The number of carbonyl (C=O) groups is 1. The zero-order valence-electron chi connectivity index (χ0n) is 12.8. The molecule has 0 unspecified atom stereocenters. The van der Waals surface area contributed by atoms with E-state index in [2.05, 4.69) is 4.98 Å². The summed E-state index contributed by atoms with van der Waals surface area (Å²) < 4.78 is 1.92. The number of carbonyl (C=O) groups excluding carboxylic acids is 1. The third-order valence-corrected chi connectivity index (χ3v) is 6.07. The summed E-state index contributed by atoms with van der Waals surface area (Å²) in [5.41, 5.74) is 1.42. The second-order valence-electron chi connectivity index (χ2n) is 5.41. The van der Waals surface area contributed by atoms with E-state index in [9.17, 15) is 9.59 Å². The molecule has 1 aromatic carbocycles. The molecule has 3 heterocycles. The number of rotatable bonds is 4. The van der Waals surface area contributed by atoms with Crippen LogP contribution in [0.2, 0.25) is 5.02 Å². The highest BCUT2D eigenvalue weighted by Gasteiger charge is 2.13. The molecule has 0 saturated heterocycles. The second kappa shape index (κ2) is 6.55. The number of halogens is 1. The van der Waals surface area contributed by atoms with Crippen molar-refractivity contribution in [2.24, 2.45) is 0 Å². The van der Waals surface area contributed by atoms with Gasteiger partial charge in [0.25, 0.3) is 5.56 Å². The minimum atomic E-state index is -0.194. The number of thiophene rings is 2. The first kappa shape index (κ1) is 16.2. The van der Waals surface area contributed by atoms with Gasteiger partial charge in [0.2, 0.25) is 0 Å².